The Bertz CT molecular complexity index is 562. The smallest absolute Gasteiger partial charge is 0.275 e. The van der Waals surface area contributed by atoms with Crippen LogP contribution in [0.25, 0.3) is 0 Å². The van der Waals surface area contributed by atoms with Crippen LogP contribution in [0, 0.1) is 0 Å². The van der Waals surface area contributed by atoms with Crippen LogP contribution in [0.3, 0.4) is 0 Å². The summed E-state index contributed by atoms with van der Waals surface area (Å²) in [5.74, 6) is 1.11. The Labute approximate surface area is 157 Å². The predicted octanol–water partition coefficient (Wildman–Crippen LogP) is -1.42. The van der Waals surface area contributed by atoms with Gasteiger partial charge in [0.25, 0.3) is 5.91 Å². The van der Waals surface area contributed by atoms with Crippen molar-refractivity contribution in [3.8, 4) is 5.75 Å². The molecule has 6 nitrogen and oxygen atoms in total. The number of benzene rings is 1. The number of piperazine rings is 1. The van der Waals surface area contributed by atoms with Crippen molar-refractivity contribution in [1.82, 2.24) is 5.32 Å². The predicted molar refractivity (Wildman–Crippen MR) is 103 cm³/mol. The average Bonchev–Trinajstić information content (AvgIpc) is 2.69. The number of rotatable bonds is 6. The molecule has 2 heterocycles. The van der Waals surface area contributed by atoms with Crippen LogP contribution in [-0.2, 0) is 4.79 Å². The quantitative estimate of drug-likeness (QED) is 0.583. The van der Waals surface area contributed by atoms with Crippen molar-refractivity contribution in [3.63, 3.8) is 0 Å². The molecule has 2 aliphatic heterocycles. The minimum Gasteiger partial charge on any atom is -0.497 e. The lowest BCUT2D eigenvalue weighted by Gasteiger charge is -2.34. The summed E-state index contributed by atoms with van der Waals surface area (Å²) in [5, 5.41) is 3.27. The molecule has 1 amide bonds. The van der Waals surface area contributed by atoms with Crippen molar-refractivity contribution in [1.29, 1.82) is 0 Å². The summed E-state index contributed by atoms with van der Waals surface area (Å²) in [6.07, 6.45) is 2.24. The van der Waals surface area contributed by atoms with Gasteiger partial charge in [0, 0.05) is 24.6 Å². The molecule has 6 heteroatoms. The first-order chi connectivity index (χ1) is 12.7. The van der Waals surface area contributed by atoms with Gasteiger partial charge in [-0.25, -0.2) is 0 Å². The normalized spacial score (nSPS) is 24.3. The second kappa shape index (κ2) is 9.24. The molecule has 144 valence electrons. The minimum absolute atomic E-state index is 0.225. The van der Waals surface area contributed by atoms with Crippen LogP contribution in [0.1, 0.15) is 19.8 Å². The van der Waals surface area contributed by atoms with Gasteiger partial charge in [0.15, 0.2) is 6.54 Å². The van der Waals surface area contributed by atoms with Crippen LogP contribution in [0.5, 0.6) is 5.75 Å². The molecule has 0 spiro atoms. The molecule has 1 aromatic carbocycles. The van der Waals surface area contributed by atoms with Gasteiger partial charge in [-0.1, -0.05) is 0 Å². The van der Waals surface area contributed by atoms with E-state index < -0.39 is 0 Å². The fourth-order valence-electron chi connectivity index (χ4n) is 4.08. The lowest BCUT2D eigenvalue weighted by atomic mass is 10.1. The number of hydrogen-bond acceptors (Lipinski definition) is 3. The number of carbonyl (C=O) groups excluding carboxylic acids is 1. The van der Waals surface area contributed by atoms with Crippen molar-refractivity contribution in [2.45, 2.75) is 25.8 Å². The molecule has 26 heavy (non-hydrogen) atoms. The number of carbonyl (C=O) groups is 1. The molecule has 0 aromatic heterocycles. The second-order valence-electron chi connectivity index (χ2n) is 7.56. The summed E-state index contributed by atoms with van der Waals surface area (Å²) >= 11 is 0. The molecule has 3 N–H and O–H groups in total. The topological polar surface area (TPSA) is 50.5 Å². The zero-order valence-electron chi connectivity index (χ0n) is 16.2. The Morgan fingerprint density at radius 1 is 1.12 bits per heavy atom. The lowest BCUT2D eigenvalue weighted by Crippen LogP contribution is -3.16. The third-order valence-electron chi connectivity index (χ3n) is 5.88. The standard InChI is InChI=1S/C20H32N4O2/c1-3-22-10-8-17(9-11-22)21-20(25)16-23-12-14-24(15-13-23)18-4-6-19(26-2)7-5-18/h4-7,17H,3,8-16H2,1-2H3,(H,21,25)/p+2. The number of hydrogen-bond donors (Lipinski definition) is 3. The maximum atomic E-state index is 12.4. The van der Waals surface area contributed by atoms with Crippen LogP contribution in [-0.4, -0.2) is 71.4 Å². The first-order valence-electron chi connectivity index (χ1n) is 10.0. The lowest BCUT2D eigenvalue weighted by molar-refractivity contribution is -0.903. The molecule has 0 atom stereocenters. The van der Waals surface area contributed by atoms with Crippen molar-refractivity contribution in [2.24, 2.45) is 0 Å². The molecule has 2 saturated heterocycles. The second-order valence-corrected chi connectivity index (χ2v) is 7.56. The summed E-state index contributed by atoms with van der Waals surface area (Å²) < 4.78 is 5.22. The van der Waals surface area contributed by atoms with E-state index in [4.69, 9.17) is 4.74 Å². The van der Waals surface area contributed by atoms with Crippen molar-refractivity contribution >= 4 is 11.6 Å². The van der Waals surface area contributed by atoms with Gasteiger partial charge in [-0.3, -0.25) is 4.79 Å². The Kier molecular flexibility index (Phi) is 6.74. The number of ether oxygens (including phenoxy) is 1. The zero-order chi connectivity index (χ0) is 18.4. The molecule has 0 bridgehead atoms. The summed E-state index contributed by atoms with van der Waals surface area (Å²) in [7, 11) is 1.69. The number of nitrogens with zero attached hydrogens (tertiary/aromatic N) is 1. The molecule has 1 aromatic rings. The number of likely N-dealkylation sites (tertiary alicyclic amines) is 1. The molecule has 0 unspecified atom stereocenters. The molecule has 0 aliphatic carbocycles. The zero-order valence-corrected chi connectivity index (χ0v) is 16.2. The van der Waals surface area contributed by atoms with Gasteiger partial charge < -0.3 is 24.8 Å². The summed E-state index contributed by atoms with van der Waals surface area (Å²) in [6.45, 7) is 10.4. The summed E-state index contributed by atoms with van der Waals surface area (Å²) in [4.78, 5) is 17.8. The van der Waals surface area contributed by atoms with E-state index in [1.54, 1.807) is 12.0 Å². The van der Waals surface area contributed by atoms with Crippen LogP contribution in [0.15, 0.2) is 24.3 Å². The van der Waals surface area contributed by atoms with Gasteiger partial charge >= 0.3 is 0 Å². The maximum Gasteiger partial charge on any atom is 0.275 e. The monoisotopic (exact) mass is 362 g/mol. The van der Waals surface area contributed by atoms with Gasteiger partial charge in [-0.2, -0.15) is 0 Å². The van der Waals surface area contributed by atoms with Crippen LogP contribution < -0.4 is 24.8 Å². The van der Waals surface area contributed by atoms with E-state index in [0.717, 1.165) is 44.8 Å². The van der Waals surface area contributed by atoms with E-state index in [9.17, 15) is 4.79 Å². The van der Waals surface area contributed by atoms with Gasteiger partial charge in [-0.05, 0) is 31.2 Å². The van der Waals surface area contributed by atoms with E-state index >= 15 is 0 Å². The van der Waals surface area contributed by atoms with E-state index in [1.807, 2.05) is 12.1 Å². The third-order valence-corrected chi connectivity index (χ3v) is 5.88. The Morgan fingerprint density at radius 2 is 1.77 bits per heavy atom. The highest BCUT2D eigenvalue weighted by atomic mass is 16.5. The van der Waals surface area contributed by atoms with Crippen molar-refractivity contribution in [3.05, 3.63) is 24.3 Å². The molecule has 0 radical (unpaired) electrons. The van der Waals surface area contributed by atoms with Gasteiger partial charge in [-0.15, -0.1) is 0 Å². The Morgan fingerprint density at radius 3 is 2.35 bits per heavy atom. The molecule has 2 aliphatic rings. The molecule has 2 fully saturated rings. The van der Waals surface area contributed by atoms with Gasteiger partial charge in [0.2, 0.25) is 0 Å². The average molecular weight is 363 g/mol. The SMILES string of the molecule is CC[NH+]1CCC(NC(=O)C[NH+]2CCN(c3ccc(OC)cc3)CC2)CC1. The van der Waals surface area contributed by atoms with E-state index in [0.29, 0.717) is 12.6 Å². The minimum atomic E-state index is 0.225. The first-order valence-corrected chi connectivity index (χ1v) is 10.0. The van der Waals surface area contributed by atoms with E-state index in [1.165, 1.54) is 30.2 Å². The largest absolute Gasteiger partial charge is 0.497 e. The number of anilines is 1. The van der Waals surface area contributed by atoms with E-state index in [2.05, 4.69) is 29.3 Å². The number of methoxy groups -OCH3 is 1. The number of quaternary nitrogens is 2. The van der Waals surface area contributed by atoms with E-state index in [-0.39, 0.29) is 5.91 Å². The summed E-state index contributed by atoms with van der Waals surface area (Å²) in [6, 6.07) is 8.63. The Hall–Kier alpha value is -1.79. The van der Waals surface area contributed by atoms with Gasteiger partial charge in [0.05, 0.1) is 52.9 Å². The summed E-state index contributed by atoms with van der Waals surface area (Å²) in [5.41, 5.74) is 1.24. The highest BCUT2D eigenvalue weighted by Crippen LogP contribution is 2.18. The highest BCUT2D eigenvalue weighted by Gasteiger charge is 2.26. The number of piperidine rings is 1. The number of amides is 1. The van der Waals surface area contributed by atoms with Crippen LogP contribution in [0.4, 0.5) is 5.69 Å². The van der Waals surface area contributed by atoms with Crippen molar-refractivity contribution < 1.29 is 19.3 Å². The molecular formula is C20H34N4O2+2. The third kappa shape index (κ3) is 5.11. The Balaban J connectivity index is 1.38. The fraction of sp³-hybridized carbons (Fsp3) is 0.650. The molecule has 0 saturated carbocycles. The molecular weight excluding hydrogens is 328 g/mol. The highest BCUT2D eigenvalue weighted by molar-refractivity contribution is 5.77. The maximum absolute atomic E-state index is 12.4. The van der Waals surface area contributed by atoms with Crippen molar-refractivity contribution in [2.75, 3.05) is 64.4 Å². The van der Waals surface area contributed by atoms with Gasteiger partial charge in [0.1, 0.15) is 5.75 Å². The van der Waals surface area contributed by atoms with Crippen LogP contribution >= 0.6 is 0 Å². The fourth-order valence-corrected chi connectivity index (χ4v) is 4.08. The number of nitrogens with one attached hydrogen (secondary N) is 3. The first kappa shape index (κ1) is 19.0. The molecule has 3 rings (SSSR count). The van der Waals surface area contributed by atoms with Crippen LogP contribution in [0.2, 0.25) is 0 Å².